The lowest BCUT2D eigenvalue weighted by Gasteiger charge is -2.35. The molecule has 3 aromatic rings. The lowest BCUT2D eigenvalue weighted by molar-refractivity contribution is -0.144. The van der Waals surface area contributed by atoms with Gasteiger partial charge in [0.25, 0.3) is 0 Å². The molecule has 0 bridgehead atoms. The summed E-state index contributed by atoms with van der Waals surface area (Å²) in [6, 6.07) is 8.32. The molecule has 1 saturated heterocycles. The van der Waals surface area contributed by atoms with Crippen LogP contribution < -0.4 is 10.2 Å². The molecule has 1 aliphatic heterocycles. The van der Waals surface area contributed by atoms with Gasteiger partial charge in [-0.3, -0.25) is 9.69 Å². The van der Waals surface area contributed by atoms with Crippen molar-refractivity contribution in [1.82, 2.24) is 19.9 Å². The second-order valence-electron chi connectivity index (χ2n) is 6.96. The zero-order valence-electron chi connectivity index (χ0n) is 15.7. The van der Waals surface area contributed by atoms with Gasteiger partial charge in [0.15, 0.2) is 0 Å². The number of anilines is 2. The Labute approximate surface area is 178 Å². The monoisotopic (exact) mass is 482 g/mol. The van der Waals surface area contributed by atoms with Crippen molar-refractivity contribution < 1.29 is 18.0 Å². The fraction of sp³-hybridized carbons (Fsp3) is 0.316. The second-order valence-corrected chi connectivity index (χ2v) is 7.88. The van der Waals surface area contributed by atoms with Crippen molar-refractivity contribution in [3.05, 3.63) is 46.8 Å². The largest absolute Gasteiger partial charge is 0.449 e. The Hall–Kier alpha value is -2.66. The number of nitrogens with one attached hydrogen (secondary N) is 2. The normalized spacial score (nSPS) is 15.5. The van der Waals surface area contributed by atoms with Gasteiger partial charge in [-0.1, -0.05) is 0 Å². The number of pyridine rings is 1. The van der Waals surface area contributed by atoms with E-state index in [1.165, 1.54) is 12.1 Å². The Bertz CT molecular complexity index is 1040. The van der Waals surface area contributed by atoms with Crippen LogP contribution in [-0.2, 0) is 11.0 Å². The maximum absolute atomic E-state index is 12.8. The van der Waals surface area contributed by atoms with E-state index in [1.807, 2.05) is 17.0 Å². The SMILES string of the molecule is O=C(CN1CCN(c2ccc(Br)cn2)CC1)Nc1ccc2nc(C(F)(F)F)[nH]c2c1. The number of aromatic nitrogens is 3. The van der Waals surface area contributed by atoms with Crippen LogP contribution in [0, 0.1) is 0 Å². The summed E-state index contributed by atoms with van der Waals surface area (Å²) in [6.07, 6.45) is -2.79. The predicted octanol–water partition coefficient (Wildman–Crippen LogP) is 3.50. The number of carbonyl (C=O) groups excluding carboxylic acids is 1. The number of alkyl halides is 3. The van der Waals surface area contributed by atoms with Crippen molar-refractivity contribution in [1.29, 1.82) is 0 Å². The van der Waals surface area contributed by atoms with Gasteiger partial charge in [0.1, 0.15) is 5.82 Å². The molecule has 0 radical (unpaired) electrons. The van der Waals surface area contributed by atoms with E-state index in [4.69, 9.17) is 0 Å². The highest BCUT2D eigenvalue weighted by molar-refractivity contribution is 9.10. The highest BCUT2D eigenvalue weighted by Crippen LogP contribution is 2.29. The van der Waals surface area contributed by atoms with E-state index in [1.54, 1.807) is 12.3 Å². The van der Waals surface area contributed by atoms with E-state index < -0.39 is 12.0 Å². The Morgan fingerprint density at radius 3 is 2.60 bits per heavy atom. The number of fused-ring (bicyclic) bond motifs is 1. The van der Waals surface area contributed by atoms with Crippen LogP contribution >= 0.6 is 15.9 Å². The van der Waals surface area contributed by atoms with Gasteiger partial charge in [-0.25, -0.2) is 9.97 Å². The van der Waals surface area contributed by atoms with Crippen molar-refractivity contribution in [2.45, 2.75) is 6.18 Å². The van der Waals surface area contributed by atoms with Crippen molar-refractivity contribution >= 4 is 44.4 Å². The van der Waals surface area contributed by atoms with Gasteiger partial charge < -0.3 is 15.2 Å². The quantitative estimate of drug-likeness (QED) is 0.595. The van der Waals surface area contributed by atoms with Crippen LogP contribution in [0.2, 0.25) is 0 Å². The number of benzene rings is 1. The first-order valence-corrected chi connectivity index (χ1v) is 10.0. The fourth-order valence-corrected chi connectivity index (χ4v) is 3.55. The number of imidazole rings is 1. The molecule has 2 aromatic heterocycles. The van der Waals surface area contributed by atoms with Crippen LogP contribution in [0.3, 0.4) is 0 Å². The van der Waals surface area contributed by atoms with Crippen molar-refractivity contribution in [2.75, 3.05) is 42.9 Å². The third-order valence-electron chi connectivity index (χ3n) is 4.81. The fourth-order valence-electron chi connectivity index (χ4n) is 3.32. The number of piperazine rings is 1. The molecule has 0 atom stereocenters. The lowest BCUT2D eigenvalue weighted by Crippen LogP contribution is -2.48. The molecule has 2 N–H and O–H groups in total. The van der Waals surface area contributed by atoms with Gasteiger partial charge in [-0.05, 0) is 46.3 Å². The summed E-state index contributed by atoms with van der Waals surface area (Å²) >= 11 is 3.37. The molecule has 1 fully saturated rings. The van der Waals surface area contributed by atoms with Crippen LogP contribution in [0.4, 0.5) is 24.7 Å². The molecule has 1 amide bonds. The highest BCUT2D eigenvalue weighted by Gasteiger charge is 2.34. The third-order valence-corrected chi connectivity index (χ3v) is 5.28. The zero-order valence-corrected chi connectivity index (χ0v) is 17.3. The Morgan fingerprint density at radius 1 is 1.17 bits per heavy atom. The summed E-state index contributed by atoms with van der Waals surface area (Å²) in [6.45, 7) is 3.13. The van der Waals surface area contributed by atoms with Gasteiger partial charge in [0, 0.05) is 42.5 Å². The van der Waals surface area contributed by atoms with E-state index in [9.17, 15) is 18.0 Å². The lowest BCUT2D eigenvalue weighted by atomic mass is 10.2. The Morgan fingerprint density at radius 2 is 1.93 bits per heavy atom. The number of halogens is 4. The first-order chi connectivity index (χ1) is 14.3. The maximum atomic E-state index is 12.8. The molecule has 4 rings (SSSR count). The van der Waals surface area contributed by atoms with E-state index in [0.29, 0.717) is 18.8 Å². The summed E-state index contributed by atoms with van der Waals surface area (Å²) < 4.78 is 39.2. The second kappa shape index (κ2) is 8.23. The summed E-state index contributed by atoms with van der Waals surface area (Å²) in [5.41, 5.74) is 0.830. The average molecular weight is 483 g/mol. The molecule has 3 heterocycles. The summed E-state index contributed by atoms with van der Waals surface area (Å²) in [7, 11) is 0. The van der Waals surface area contributed by atoms with E-state index in [2.05, 4.69) is 41.1 Å². The molecular weight excluding hydrogens is 465 g/mol. The molecular formula is C19H18BrF3N6O. The first-order valence-electron chi connectivity index (χ1n) is 9.23. The van der Waals surface area contributed by atoms with Crippen LogP contribution in [0.5, 0.6) is 0 Å². The summed E-state index contributed by atoms with van der Waals surface area (Å²) in [4.78, 5) is 26.7. The molecule has 1 aromatic carbocycles. The minimum absolute atomic E-state index is 0.193. The van der Waals surface area contributed by atoms with Crippen LogP contribution in [0.15, 0.2) is 41.0 Å². The van der Waals surface area contributed by atoms with E-state index in [-0.39, 0.29) is 23.5 Å². The number of hydrogen-bond acceptors (Lipinski definition) is 5. The molecule has 0 saturated carbocycles. The zero-order chi connectivity index (χ0) is 21.3. The Balaban J connectivity index is 1.32. The van der Waals surface area contributed by atoms with E-state index >= 15 is 0 Å². The van der Waals surface area contributed by atoms with Gasteiger partial charge >= 0.3 is 6.18 Å². The van der Waals surface area contributed by atoms with Gasteiger partial charge in [-0.15, -0.1) is 0 Å². The minimum atomic E-state index is -4.55. The molecule has 11 heteroatoms. The number of aromatic amines is 1. The van der Waals surface area contributed by atoms with Crippen molar-refractivity contribution in [3.63, 3.8) is 0 Å². The van der Waals surface area contributed by atoms with Gasteiger partial charge in [0.05, 0.1) is 17.6 Å². The molecule has 0 unspecified atom stereocenters. The van der Waals surface area contributed by atoms with Crippen molar-refractivity contribution in [2.24, 2.45) is 0 Å². The van der Waals surface area contributed by atoms with Crippen LogP contribution in [0.25, 0.3) is 11.0 Å². The molecule has 30 heavy (non-hydrogen) atoms. The number of H-pyrrole nitrogens is 1. The number of hydrogen-bond donors (Lipinski definition) is 2. The molecule has 7 nitrogen and oxygen atoms in total. The van der Waals surface area contributed by atoms with Crippen LogP contribution in [-0.4, -0.2) is 58.5 Å². The molecule has 0 aliphatic carbocycles. The predicted molar refractivity (Wildman–Crippen MR) is 110 cm³/mol. The maximum Gasteiger partial charge on any atom is 0.449 e. The highest BCUT2D eigenvalue weighted by atomic mass is 79.9. The summed E-state index contributed by atoms with van der Waals surface area (Å²) in [5, 5.41) is 2.74. The topological polar surface area (TPSA) is 77.2 Å². The van der Waals surface area contributed by atoms with E-state index in [0.717, 1.165) is 23.4 Å². The standard InChI is InChI=1S/C19H18BrF3N6O/c20-12-1-4-16(24-10-12)29-7-5-28(6-8-29)11-17(30)25-13-2-3-14-15(9-13)27-18(26-14)19(21,22)23/h1-4,9-10H,5-8,11H2,(H,25,30)(H,26,27). The van der Waals surface area contributed by atoms with Gasteiger partial charge in [0.2, 0.25) is 11.7 Å². The van der Waals surface area contributed by atoms with Crippen LogP contribution in [0.1, 0.15) is 5.82 Å². The average Bonchev–Trinajstić information content (AvgIpc) is 3.13. The number of rotatable bonds is 4. The number of amides is 1. The number of nitrogens with zero attached hydrogens (tertiary/aromatic N) is 4. The molecule has 1 aliphatic rings. The smallest absolute Gasteiger partial charge is 0.354 e. The molecule has 0 spiro atoms. The minimum Gasteiger partial charge on any atom is -0.354 e. The van der Waals surface area contributed by atoms with Crippen molar-refractivity contribution in [3.8, 4) is 0 Å². The molecule has 158 valence electrons. The Kier molecular flexibility index (Phi) is 5.65. The first kappa shape index (κ1) is 20.6. The summed E-state index contributed by atoms with van der Waals surface area (Å²) in [5.74, 6) is -0.382. The number of carbonyl (C=O) groups is 1. The third kappa shape index (κ3) is 4.73. The van der Waals surface area contributed by atoms with Gasteiger partial charge in [-0.2, -0.15) is 13.2 Å².